The van der Waals surface area contributed by atoms with Crippen LogP contribution in [0.5, 0.6) is 0 Å². The van der Waals surface area contributed by atoms with Crippen LogP contribution in [0.3, 0.4) is 0 Å². The van der Waals surface area contributed by atoms with E-state index in [1.807, 2.05) is 35.4 Å². The zero-order valence-electron chi connectivity index (χ0n) is 11.9. The highest BCUT2D eigenvalue weighted by Crippen LogP contribution is 2.20. The van der Waals surface area contributed by atoms with Crippen molar-refractivity contribution in [2.24, 2.45) is 7.05 Å². The minimum atomic E-state index is 0.623. The molecular formula is C14H18N4OS. The molecule has 0 aliphatic heterocycles. The Labute approximate surface area is 122 Å². The number of rotatable bonds is 4. The van der Waals surface area contributed by atoms with Crippen molar-refractivity contribution in [2.45, 2.75) is 33.2 Å². The minimum absolute atomic E-state index is 0.623. The van der Waals surface area contributed by atoms with E-state index in [9.17, 15) is 0 Å². The SMILES string of the molecule is CCCc1nn(C)c2c1[nH]c(=S)n2Cc1ccc(C)o1. The van der Waals surface area contributed by atoms with Crippen molar-refractivity contribution in [1.29, 1.82) is 0 Å². The molecule has 0 radical (unpaired) electrons. The number of furan rings is 1. The summed E-state index contributed by atoms with van der Waals surface area (Å²) >= 11 is 5.44. The lowest BCUT2D eigenvalue weighted by Crippen LogP contribution is -2.03. The zero-order valence-corrected chi connectivity index (χ0v) is 12.8. The molecule has 6 heteroatoms. The average molecular weight is 290 g/mol. The van der Waals surface area contributed by atoms with Gasteiger partial charge in [-0.2, -0.15) is 5.10 Å². The molecule has 0 bridgehead atoms. The van der Waals surface area contributed by atoms with Crippen molar-refractivity contribution in [3.05, 3.63) is 34.1 Å². The molecule has 3 aromatic rings. The third-order valence-electron chi connectivity index (χ3n) is 3.42. The molecule has 3 heterocycles. The maximum absolute atomic E-state index is 5.64. The monoisotopic (exact) mass is 290 g/mol. The van der Waals surface area contributed by atoms with E-state index in [4.69, 9.17) is 16.6 Å². The van der Waals surface area contributed by atoms with Crippen LogP contribution in [0.2, 0.25) is 0 Å². The topological polar surface area (TPSA) is 51.7 Å². The molecule has 5 nitrogen and oxygen atoms in total. The van der Waals surface area contributed by atoms with Gasteiger partial charge in [-0.05, 0) is 37.7 Å². The van der Waals surface area contributed by atoms with Gasteiger partial charge in [0.1, 0.15) is 17.0 Å². The van der Waals surface area contributed by atoms with Crippen LogP contribution in [-0.2, 0) is 20.0 Å². The van der Waals surface area contributed by atoms with Crippen LogP contribution in [-0.4, -0.2) is 19.3 Å². The lowest BCUT2D eigenvalue weighted by atomic mass is 10.2. The molecule has 1 N–H and O–H groups in total. The van der Waals surface area contributed by atoms with E-state index in [0.717, 1.165) is 41.2 Å². The normalized spacial score (nSPS) is 11.6. The van der Waals surface area contributed by atoms with Gasteiger partial charge < -0.3 is 9.40 Å². The predicted molar refractivity (Wildman–Crippen MR) is 80.4 cm³/mol. The molecule has 0 atom stereocenters. The van der Waals surface area contributed by atoms with Crippen molar-refractivity contribution in [3.8, 4) is 0 Å². The summed E-state index contributed by atoms with van der Waals surface area (Å²) < 4.78 is 10.3. The molecular weight excluding hydrogens is 272 g/mol. The molecule has 20 heavy (non-hydrogen) atoms. The summed E-state index contributed by atoms with van der Waals surface area (Å²) in [7, 11) is 1.95. The molecule has 0 aliphatic rings. The Kier molecular flexibility index (Phi) is 3.25. The standard InChI is InChI=1S/C14H18N4OS/c1-4-5-11-12-13(17(3)16-11)18(14(20)15-12)8-10-7-6-9(2)19-10/h6-7H,4-5,8H2,1-3H3,(H,15,20). The van der Waals surface area contributed by atoms with Crippen LogP contribution in [0.4, 0.5) is 0 Å². The zero-order chi connectivity index (χ0) is 14.3. The number of H-pyrrole nitrogens is 1. The number of imidazole rings is 1. The second-order valence-electron chi connectivity index (χ2n) is 5.05. The van der Waals surface area contributed by atoms with Crippen molar-refractivity contribution in [1.82, 2.24) is 19.3 Å². The smallest absolute Gasteiger partial charge is 0.179 e. The van der Waals surface area contributed by atoms with Crippen LogP contribution in [0.25, 0.3) is 11.2 Å². The maximum atomic E-state index is 5.64. The van der Waals surface area contributed by atoms with Gasteiger partial charge in [0, 0.05) is 7.05 Å². The van der Waals surface area contributed by atoms with Gasteiger partial charge in [-0.3, -0.25) is 9.25 Å². The van der Waals surface area contributed by atoms with Crippen molar-refractivity contribution in [2.75, 3.05) is 0 Å². The molecule has 0 unspecified atom stereocenters. The first-order valence-electron chi connectivity index (χ1n) is 6.80. The van der Waals surface area contributed by atoms with Gasteiger partial charge in [-0.1, -0.05) is 13.3 Å². The predicted octanol–water partition coefficient (Wildman–Crippen LogP) is 3.33. The van der Waals surface area contributed by atoms with Crippen LogP contribution >= 0.6 is 12.2 Å². The lowest BCUT2D eigenvalue weighted by Gasteiger charge is -2.02. The summed E-state index contributed by atoms with van der Waals surface area (Å²) in [6.45, 7) is 4.72. The quantitative estimate of drug-likeness (QED) is 0.750. The number of aromatic nitrogens is 4. The third-order valence-corrected chi connectivity index (χ3v) is 3.74. The number of fused-ring (bicyclic) bond motifs is 1. The largest absolute Gasteiger partial charge is 0.464 e. The maximum Gasteiger partial charge on any atom is 0.179 e. The molecule has 0 spiro atoms. The minimum Gasteiger partial charge on any atom is -0.464 e. The lowest BCUT2D eigenvalue weighted by molar-refractivity contribution is 0.469. The Morgan fingerprint density at radius 2 is 2.20 bits per heavy atom. The van der Waals surface area contributed by atoms with Crippen LogP contribution in [0.1, 0.15) is 30.6 Å². The Bertz CT molecular complexity index is 805. The fourth-order valence-corrected chi connectivity index (χ4v) is 2.82. The molecule has 0 aromatic carbocycles. The van der Waals surface area contributed by atoms with E-state index in [-0.39, 0.29) is 0 Å². The average Bonchev–Trinajstić information content (AvgIpc) is 3.02. The number of nitrogens with zero attached hydrogens (tertiary/aromatic N) is 3. The van der Waals surface area contributed by atoms with E-state index in [2.05, 4.69) is 17.0 Å². The fraction of sp³-hybridized carbons (Fsp3) is 0.429. The van der Waals surface area contributed by atoms with E-state index >= 15 is 0 Å². The van der Waals surface area contributed by atoms with Gasteiger partial charge in [-0.25, -0.2) is 0 Å². The summed E-state index contributed by atoms with van der Waals surface area (Å²) in [4.78, 5) is 3.28. The van der Waals surface area contributed by atoms with E-state index in [1.165, 1.54) is 0 Å². The molecule has 106 valence electrons. The molecule has 0 saturated heterocycles. The van der Waals surface area contributed by atoms with Gasteiger partial charge in [0.05, 0.1) is 12.2 Å². The van der Waals surface area contributed by atoms with Crippen LogP contribution in [0.15, 0.2) is 16.5 Å². The first kappa shape index (κ1) is 13.2. The molecule has 0 aliphatic carbocycles. The summed E-state index contributed by atoms with van der Waals surface area (Å²) in [6.07, 6.45) is 2.02. The molecule has 3 rings (SSSR count). The van der Waals surface area contributed by atoms with Gasteiger partial charge in [0.15, 0.2) is 10.4 Å². The number of hydrogen-bond donors (Lipinski definition) is 1. The Morgan fingerprint density at radius 3 is 2.85 bits per heavy atom. The summed E-state index contributed by atoms with van der Waals surface area (Å²) in [5, 5.41) is 4.58. The second kappa shape index (κ2) is 4.94. The van der Waals surface area contributed by atoms with E-state index < -0.39 is 0 Å². The molecule has 3 aromatic heterocycles. The molecule has 0 fully saturated rings. The fourth-order valence-electron chi connectivity index (χ4n) is 2.56. The number of hydrogen-bond acceptors (Lipinski definition) is 3. The molecule has 0 saturated carbocycles. The van der Waals surface area contributed by atoms with Gasteiger partial charge in [-0.15, -0.1) is 0 Å². The summed E-state index contributed by atoms with van der Waals surface area (Å²) in [5.74, 6) is 1.81. The Hall–Kier alpha value is -1.82. The van der Waals surface area contributed by atoms with E-state index in [0.29, 0.717) is 11.3 Å². The van der Waals surface area contributed by atoms with Gasteiger partial charge in [0.2, 0.25) is 0 Å². The first-order valence-corrected chi connectivity index (χ1v) is 7.20. The van der Waals surface area contributed by atoms with Crippen LogP contribution in [0, 0.1) is 11.7 Å². The van der Waals surface area contributed by atoms with E-state index in [1.54, 1.807) is 0 Å². The highest BCUT2D eigenvalue weighted by Gasteiger charge is 2.15. The Balaban J connectivity index is 2.10. The van der Waals surface area contributed by atoms with Crippen molar-refractivity contribution >= 4 is 23.4 Å². The van der Waals surface area contributed by atoms with Gasteiger partial charge >= 0.3 is 0 Å². The van der Waals surface area contributed by atoms with Crippen LogP contribution < -0.4 is 0 Å². The summed E-state index contributed by atoms with van der Waals surface area (Å²) in [6, 6.07) is 3.95. The number of aryl methyl sites for hydroxylation is 3. The molecule has 0 amide bonds. The number of nitrogens with one attached hydrogen (secondary N) is 1. The number of aromatic amines is 1. The second-order valence-corrected chi connectivity index (χ2v) is 5.43. The highest BCUT2D eigenvalue weighted by molar-refractivity contribution is 7.71. The summed E-state index contributed by atoms with van der Waals surface area (Å²) in [5.41, 5.74) is 3.14. The third kappa shape index (κ3) is 2.10. The Morgan fingerprint density at radius 1 is 1.40 bits per heavy atom. The highest BCUT2D eigenvalue weighted by atomic mass is 32.1. The van der Waals surface area contributed by atoms with Gasteiger partial charge in [0.25, 0.3) is 0 Å². The first-order chi connectivity index (χ1) is 9.60. The van der Waals surface area contributed by atoms with Crippen molar-refractivity contribution in [3.63, 3.8) is 0 Å². The van der Waals surface area contributed by atoms with Crippen molar-refractivity contribution < 1.29 is 4.42 Å².